The molecule has 1 aromatic rings. The molecule has 18 heavy (non-hydrogen) atoms. The van der Waals surface area contributed by atoms with E-state index in [9.17, 15) is 13.5 Å². The Morgan fingerprint density at radius 1 is 1.50 bits per heavy atom. The molecule has 1 aromatic heterocycles. The molecule has 0 spiro atoms. The third kappa shape index (κ3) is 2.70. The molecule has 1 unspecified atom stereocenters. The maximum Gasteiger partial charge on any atom is 0.158 e. The van der Waals surface area contributed by atoms with Crippen LogP contribution in [-0.4, -0.2) is 53.5 Å². The van der Waals surface area contributed by atoms with Crippen LogP contribution in [0, 0.1) is 0 Å². The van der Waals surface area contributed by atoms with Gasteiger partial charge in [0.1, 0.15) is 12.4 Å². The van der Waals surface area contributed by atoms with Crippen LogP contribution in [0.1, 0.15) is 24.0 Å². The summed E-state index contributed by atoms with van der Waals surface area (Å²) in [5.74, 6) is 1.27. The lowest BCUT2D eigenvalue weighted by Crippen LogP contribution is -2.15. The third-order valence-corrected chi connectivity index (χ3v) is 4.88. The first-order valence-electron chi connectivity index (χ1n) is 5.79. The Hall–Kier alpha value is -0.990. The average molecular weight is 275 g/mol. The maximum atomic E-state index is 11.5. The molecule has 1 atom stereocenters. The molecule has 1 fully saturated rings. The van der Waals surface area contributed by atoms with Gasteiger partial charge in [0.25, 0.3) is 0 Å². The Morgan fingerprint density at radius 3 is 2.83 bits per heavy atom. The van der Waals surface area contributed by atoms with Crippen molar-refractivity contribution in [3.63, 3.8) is 0 Å². The smallest absolute Gasteiger partial charge is 0.158 e. The number of methoxy groups -OCH3 is 1. The monoisotopic (exact) mass is 275 g/mol. The Kier molecular flexibility index (Phi) is 3.98. The number of aromatic nitrogens is 3. The number of aliphatic hydroxyl groups excluding tert-OH is 1. The fraction of sp³-hybridized carbons (Fsp3) is 0.800. The minimum absolute atomic E-state index is 0.115. The van der Waals surface area contributed by atoms with Gasteiger partial charge in [0.15, 0.2) is 15.7 Å². The van der Waals surface area contributed by atoms with E-state index in [4.69, 9.17) is 4.74 Å². The second-order valence-corrected chi connectivity index (χ2v) is 6.61. The number of hydrogen-bond acceptors (Lipinski definition) is 6. The number of ether oxygens (including phenoxy) is 1. The van der Waals surface area contributed by atoms with Crippen LogP contribution in [0.4, 0.5) is 0 Å². The van der Waals surface area contributed by atoms with Crippen molar-refractivity contribution < 1.29 is 18.3 Å². The molecule has 0 aliphatic carbocycles. The SMILES string of the molecule is COCCn1c(CO)nnc1C1CCS(=O)(=O)C1. The first kappa shape index (κ1) is 13.4. The van der Waals surface area contributed by atoms with Crippen molar-refractivity contribution in [3.8, 4) is 0 Å². The van der Waals surface area contributed by atoms with Gasteiger partial charge >= 0.3 is 0 Å². The third-order valence-electron chi connectivity index (χ3n) is 3.11. The second kappa shape index (κ2) is 5.33. The summed E-state index contributed by atoms with van der Waals surface area (Å²) in [7, 11) is -1.37. The van der Waals surface area contributed by atoms with Crippen LogP contribution < -0.4 is 0 Å². The van der Waals surface area contributed by atoms with Gasteiger partial charge in [-0.1, -0.05) is 0 Å². The van der Waals surface area contributed by atoms with Crippen LogP contribution in [0.15, 0.2) is 0 Å². The van der Waals surface area contributed by atoms with Gasteiger partial charge < -0.3 is 14.4 Å². The van der Waals surface area contributed by atoms with Crippen molar-refractivity contribution in [2.45, 2.75) is 25.5 Å². The molecule has 0 aromatic carbocycles. The number of rotatable bonds is 5. The summed E-state index contributed by atoms with van der Waals surface area (Å²) in [5, 5.41) is 17.1. The molecule has 102 valence electrons. The minimum atomic E-state index is -2.95. The van der Waals surface area contributed by atoms with E-state index < -0.39 is 9.84 Å². The van der Waals surface area contributed by atoms with Crippen LogP contribution >= 0.6 is 0 Å². The van der Waals surface area contributed by atoms with E-state index in [-0.39, 0.29) is 24.0 Å². The molecule has 2 heterocycles. The molecular formula is C10H17N3O4S. The summed E-state index contributed by atoms with van der Waals surface area (Å²) in [6.45, 7) is 0.777. The van der Waals surface area contributed by atoms with Gasteiger partial charge in [-0.3, -0.25) is 0 Å². The van der Waals surface area contributed by atoms with Crippen LogP contribution in [0.5, 0.6) is 0 Å². The van der Waals surface area contributed by atoms with Crippen LogP contribution in [0.2, 0.25) is 0 Å². The van der Waals surface area contributed by atoms with Crippen molar-refractivity contribution in [2.75, 3.05) is 25.2 Å². The summed E-state index contributed by atoms with van der Waals surface area (Å²) in [6, 6.07) is 0. The van der Waals surface area contributed by atoms with Gasteiger partial charge in [-0.15, -0.1) is 10.2 Å². The first-order valence-corrected chi connectivity index (χ1v) is 7.61. The quantitative estimate of drug-likeness (QED) is 0.765. The largest absolute Gasteiger partial charge is 0.388 e. The Labute approximate surface area is 106 Å². The van der Waals surface area contributed by atoms with Crippen LogP contribution in [0.25, 0.3) is 0 Å². The summed E-state index contributed by atoms with van der Waals surface area (Å²) < 4.78 is 29.7. The normalized spacial score (nSPS) is 22.4. The van der Waals surface area contributed by atoms with Crippen molar-refractivity contribution >= 4 is 9.84 Å². The van der Waals surface area contributed by atoms with Gasteiger partial charge in [-0.2, -0.15) is 0 Å². The lowest BCUT2D eigenvalue weighted by molar-refractivity contribution is 0.181. The van der Waals surface area contributed by atoms with Gasteiger partial charge in [-0.05, 0) is 6.42 Å². The van der Waals surface area contributed by atoms with Crippen molar-refractivity contribution in [1.82, 2.24) is 14.8 Å². The molecule has 0 saturated carbocycles. The van der Waals surface area contributed by atoms with E-state index >= 15 is 0 Å². The Morgan fingerprint density at radius 2 is 2.28 bits per heavy atom. The molecule has 7 nitrogen and oxygen atoms in total. The predicted octanol–water partition coefficient (Wildman–Crippen LogP) is -0.681. The van der Waals surface area contributed by atoms with Crippen molar-refractivity contribution in [2.24, 2.45) is 0 Å². The summed E-state index contributed by atoms with van der Waals surface area (Å²) in [5.41, 5.74) is 0. The van der Waals surface area contributed by atoms with Gasteiger partial charge in [0, 0.05) is 19.6 Å². The molecule has 2 rings (SSSR count). The topological polar surface area (TPSA) is 94.3 Å². The number of sulfone groups is 1. The van der Waals surface area contributed by atoms with Gasteiger partial charge in [0.2, 0.25) is 0 Å². The molecule has 0 bridgehead atoms. The number of nitrogens with zero attached hydrogens (tertiary/aromatic N) is 3. The maximum absolute atomic E-state index is 11.5. The van der Waals surface area contributed by atoms with Crippen molar-refractivity contribution in [1.29, 1.82) is 0 Å². The van der Waals surface area contributed by atoms with E-state index in [2.05, 4.69) is 10.2 Å². The number of hydrogen-bond donors (Lipinski definition) is 1. The summed E-state index contributed by atoms with van der Waals surface area (Å²) in [6.07, 6.45) is 0.568. The summed E-state index contributed by atoms with van der Waals surface area (Å²) in [4.78, 5) is 0. The second-order valence-electron chi connectivity index (χ2n) is 4.38. The lowest BCUT2D eigenvalue weighted by Gasteiger charge is -2.12. The van der Waals surface area contributed by atoms with Crippen LogP contribution in [-0.2, 0) is 27.7 Å². The number of aliphatic hydroxyl groups is 1. The summed E-state index contributed by atoms with van der Waals surface area (Å²) >= 11 is 0. The highest BCUT2D eigenvalue weighted by atomic mass is 32.2. The highest BCUT2D eigenvalue weighted by Crippen LogP contribution is 2.28. The highest BCUT2D eigenvalue weighted by molar-refractivity contribution is 7.91. The van der Waals surface area contributed by atoms with Crippen LogP contribution in [0.3, 0.4) is 0 Å². The molecule has 1 N–H and O–H groups in total. The van der Waals surface area contributed by atoms with E-state index in [1.165, 1.54) is 0 Å². The Bertz CT molecular complexity index is 511. The molecule has 1 aliphatic heterocycles. The van der Waals surface area contributed by atoms with Gasteiger partial charge in [0.05, 0.1) is 18.1 Å². The molecule has 1 saturated heterocycles. The first-order chi connectivity index (χ1) is 8.57. The van der Waals surface area contributed by atoms with Crippen molar-refractivity contribution in [3.05, 3.63) is 11.6 Å². The van der Waals surface area contributed by atoms with E-state index in [0.29, 0.717) is 31.2 Å². The van der Waals surface area contributed by atoms with E-state index in [1.807, 2.05) is 0 Å². The molecule has 0 amide bonds. The van der Waals surface area contributed by atoms with E-state index in [0.717, 1.165) is 0 Å². The molecule has 0 radical (unpaired) electrons. The average Bonchev–Trinajstić information content (AvgIpc) is 2.89. The fourth-order valence-corrected chi connectivity index (χ4v) is 3.93. The predicted molar refractivity (Wildman–Crippen MR) is 63.8 cm³/mol. The molecular weight excluding hydrogens is 258 g/mol. The standard InChI is InChI=1S/C10H17N3O4S/c1-17-4-3-13-9(6-14)11-12-10(13)8-2-5-18(15,16)7-8/h8,14H,2-7H2,1H3. The van der Waals surface area contributed by atoms with E-state index in [1.54, 1.807) is 11.7 Å². The zero-order valence-corrected chi connectivity index (χ0v) is 11.1. The zero-order valence-electron chi connectivity index (χ0n) is 10.2. The lowest BCUT2D eigenvalue weighted by atomic mass is 10.1. The fourth-order valence-electron chi connectivity index (χ4n) is 2.19. The van der Waals surface area contributed by atoms with Gasteiger partial charge in [-0.25, -0.2) is 8.42 Å². The minimum Gasteiger partial charge on any atom is -0.388 e. The zero-order chi connectivity index (χ0) is 13.2. The highest BCUT2D eigenvalue weighted by Gasteiger charge is 2.32. The Balaban J connectivity index is 2.24. The molecule has 8 heteroatoms. The molecule has 1 aliphatic rings.